The lowest BCUT2D eigenvalue weighted by molar-refractivity contribution is -0.188. The molecule has 1 N–H and O–H groups in total. The van der Waals surface area contributed by atoms with Gasteiger partial charge in [-0.15, -0.1) is 0 Å². The van der Waals surface area contributed by atoms with Crippen molar-refractivity contribution in [2.75, 3.05) is 14.2 Å². The van der Waals surface area contributed by atoms with E-state index in [1.165, 1.54) is 14.2 Å². The Hall–Kier alpha value is -1.76. The Bertz CT molecular complexity index is 462. The zero-order valence-electron chi connectivity index (χ0n) is 11.1. The molecule has 20 heavy (non-hydrogen) atoms. The normalized spacial score (nSPS) is 13.3. The van der Waals surface area contributed by atoms with Crippen molar-refractivity contribution in [3.8, 4) is 5.75 Å². The maximum Gasteiger partial charge on any atom is 0.404 e. The molecule has 1 aromatic carbocycles. The van der Waals surface area contributed by atoms with Crippen LogP contribution in [0.15, 0.2) is 24.3 Å². The van der Waals surface area contributed by atoms with Crippen LogP contribution in [0.4, 0.5) is 13.2 Å². The summed E-state index contributed by atoms with van der Waals surface area (Å²) in [6.07, 6.45) is -5.57. The maximum atomic E-state index is 12.8. The zero-order valence-corrected chi connectivity index (χ0v) is 11.1. The van der Waals surface area contributed by atoms with E-state index in [9.17, 15) is 18.0 Å². The van der Waals surface area contributed by atoms with E-state index in [1.54, 1.807) is 24.3 Å². The first-order valence-corrected chi connectivity index (χ1v) is 5.85. The summed E-state index contributed by atoms with van der Waals surface area (Å²) in [4.78, 5) is 11.5. The van der Waals surface area contributed by atoms with E-state index in [2.05, 4.69) is 0 Å². The maximum absolute atomic E-state index is 12.8. The molecule has 0 amide bonds. The van der Waals surface area contributed by atoms with Crippen molar-refractivity contribution in [2.24, 2.45) is 0 Å². The summed E-state index contributed by atoms with van der Waals surface area (Å²) < 4.78 is 43.5. The average Bonchev–Trinajstić information content (AvgIpc) is 2.34. The molecule has 0 fully saturated rings. The molecule has 0 bridgehead atoms. The summed E-state index contributed by atoms with van der Waals surface area (Å²) in [6.45, 7) is -0.0192. The number of methoxy groups -OCH3 is 1. The largest absolute Gasteiger partial charge is 0.497 e. The van der Waals surface area contributed by atoms with E-state index in [1.807, 2.05) is 0 Å². The summed E-state index contributed by atoms with van der Waals surface area (Å²) in [5.41, 5.74) is 0.617. The number of ether oxygens (including phenoxy) is 1. The first-order chi connectivity index (χ1) is 9.24. The average molecular weight is 291 g/mol. The predicted octanol–water partition coefficient (Wildman–Crippen LogP) is 2.53. The smallest absolute Gasteiger partial charge is 0.404 e. The summed E-state index contributed by atoms with van der Waals surface area (Å²) in [6, 6.07) is 4.60. The number of carbonyl (C=O) groups is 1. The van der Waals surface area contributed by atoms with Gasteiger partial charge in [0.2, 0.25) is 0 Å². The van der Waals surface area contributed by atoms with Crippen molar-refractivity contribution in [1.29, 1.82) is 0 Å². The minimum Gasteiger partial charge on any atom is -0.497 e. The molecule has 0 aromatic heterocycles. The fourth-order valence-electron chi connectivity index (χ4n) is 1.86. The van der Waals surface area contributed by atoms with Crippen LogP contribution in [0.2, 0.25) is 0 Å². The molecule has 0 radical (unpaired) electrons. The molecule has 0 saturated heterocycles. The van der Waals surface area contributed by atoms with E-state index in [0.717, 1.165) is 4.90 Å². The number of hydrogen-bond donors (Lipinski definition) is 1. The summed E-state index contributed by atoms with van der Waals surface area (Å²) in [7, 11) is 2.71. The van der Waals surface area contributed by atoms with E-state index in [-0.39, 0.29) is 6.54 Å². The second kappa shape index (κ2) is 6.60. The van der Waals surface area contributed by atoms with Crippen LogP contribution in [0.3, 0.4) is 0 Å². The number of hydrogen-bond acceptors (Lipinski definition) is 3. The molecular formula is C13H16F3NO3. The monoisotopic (exact) mass is 291 g/mol. The van der Waals surface area contributed by atoms with Crippen LogP contribution in [0.25, 0.3) is 0 Å². The van der Waals surface area contributed by atoms with Crippen LogP contribution in [0, 0.1) is 0 Å². The molecule has 0 saturated carbocycles. The number of nitrogens with zero attached hydrogens (tertiary/aromatic N) is 1. The van der Waals surface area contributed by atoms with E-state index >= 15 is 0 Å². The standard InChI is InChI=1S/C13H16F3NO3/c1-17(11(7-12(18)19)13(14,15)16)8-9-4-3-5-10(6-9)20-2/h3-6,11H,7-8H2,1-2H3,(H,18,19). The fourth-order valence-corrected chi connectivity index (χ4v) is 1.86. The predicted molar refractivity (Wildman–Crippen MR) is 66.6 cm³/mol. The Kier molecular flexibility index (Phi) is 5.38. The van der Waals surface area contributed by atoms with Gasteiger partial charge in [0.25, 0.3) is 0 Å². The molecule has 0 aliphatic rings. The lowest BCUT2D eigenvalue weighted by Gasteiger charge is -2.28. The highest BCUT2D eigenvalue weighted by Gasteiger charge is 2.43. The first-order valence-electron chi connectivity index (χ1n) is 5.85. The number of carboxylic acids is 1. The lowest BCUT2D eigenvalue weighted by atomic mass is 10.1. The zero-order chi connectivity index (χ0) is 15.3. The van der Waals surface area contributed by atoms with Crippen LogP contribution < -0.4 is 4.74 Å². The molecular weight excluding hydrogens is 275 g/mol. The molecule has 112 valence electrons. The third-order valence-corrected chi connectivity index (χ3v) is 2.84. The first kappa shape index (κ1) is 16.3. The second-order valence-electron chi connectivity index (χ2n) is 4.42. The number of halogens is 3. The van der Waals surface area contributed by atoms with Gasteiger partial charge in [0.05, 0.1) is 13.5 Å². The van der Waals surface area contributed by atoms with Crippen molar-refractivity contribution in [3.63, 3.8) is 0 Å². The Labute approximate surface area is 114 Å². The quantitative estimate of drug-likeness (QED) is 0.875. The number of aliphatic carboxylic acids is 1. The molecule has 1 unspecified atom stereocenters. The Morgan fingerprint density at radius 2 is 2.10 bits per heavy atom. The number of rotatable bonds is 6. The highest BCUT2D eigenvalue weighted by molar-refractivity contribution is 5.67. The molecule has 1 aromatic rings. The van der Waals surface area contributed by atoms with Crippen molar-refractivity contribution < 1.29 is 27.8 Å². The second-order valence-corrected chi connectivity index (χ2v) is 4.42. The van der Waals surface area contributed by atoms with Gasteiger partial charge >= 0.3 is 12.1 Å². The van der Waals surface area contributed by atoms with Crippen LogP contribution in [0.1, 0.15) is 12.0 Å². The van der Waals surface area contributed by atoms with Gasteiger partial charge in [-0.2, -0.15) is 13.2 Å². The fraction of sp³-hybridized carbons (Fsp3) is 0.462. The summed E-state index contributed by atoms with van der Waals surface area (Å²) in [5, 5.41) is 8.60. The van der Waals surface area contributed by atoms with E-state index in [4.69, 9.17) is 9.84 Å². The van der Waals surface area contributed by atoms with Gasteiger partial charge < -0.3 is 9.84 Å². The highest BCUT2D eigenvalue weighted by atomic mass is 19.4. The van der Waals surface area contributed by atoms with Gasteiger partial charge in [0, 0.05) is 6.54 Å². The van der Waals surface area contributed by atoms with Gasteiger partial charge in [0.15, 0.2) is 0 Å². The van der Waals surface area contributed by atoms with Gasteiger partial charge in [-0.3, -0.25) is 9.69 Å². The molecule has 0 aliphatic carbocycles. The Balaban J connectivity index is 2.84. The Morgan fingerprint density at radius 3 is 2.60 bits per heavy atom. The van der Waals surface area contributed by atoms with Crippen molar-refractivity contribution >= 4 is 5.97 Å². The minimum absolute atomic E-state index is 0.0192. The van der Waals surface area contributed by atoms with Crippen LogP contribution in [0.5, 0.6) is 5.75 Å². The van der Waals surface area contributed by atoms with Crippen LogP contribution in [-0.4, -0.2) is 42.4 Å². The van der Waals surface area contributed by atoms with Crippen LogP contribution >= 0.6 is 0 Å². The molecule has 4 nitrogen and oxygen atoms in total. The molecule has 1 atom stereocenters. The highest BCUT2D eigenvalue weighted by Crippen LogP contribution is 2.28. The van der Waals surface area contributed by atoms with Crippen molar-refractivity contribution in [3.05, 3.63) is 29.8 Å². The molecule has 7 heteroatoms. The Morgan fingerprint density at radius 1 is 1.45 bits per heavy atom. The van der Waals surface area contributed by atoms with Gasteiger partial charge in [0.1, 0.15) is 11.8 Å². The van der Waals surface area contributed by atoms with Crippen LogP contribution in [-0.2, 0) is 11.3 Å². The molecule has 0 aliphatic heterocycles. The van der Waals surface area contributed by atoms with Gasteiger partial charge in [-0.1, -0.05) is 12.1 Å². The van der Waals surface area contributed by atoms with Crippen molar-refractivity contribution in [1.82, 2.24) is 4.90 Å². The number of carboxylic acid groups (broad SMARTS) is 1. The van der Waals surface area contributed by atoms with E-state index in [0.29, 0.717) is 11.3 Å². The van der Waals surface area contributed by atoms with E-state index < -0.39 is 24.6 Å². The lowest BCUT2D eigenvalue weighted by Crippen LogP contribution is -2.44. The summed E-state index contributed by atoms with van der Waals surface area (Å²) >= 11 is 0. The third kappa shape index (κ3) is 4.73. The topological polar surface area (TPSA) is 49.8 Å². The van der Waals surface area contributed by atoms with Gasteiger partial charge in [-0.25, -0.2) is 0 Å². The number of benzene rings is 1. The minimum atomic E-state index is -4.59. The third-order valence-electron chi connectivity index (χ3n) is 2.84. The van der Waals surface area contributed by atoms with Gasteiger partial charge in [-0.05, 0) is 24.7 Å². The molecule has 0 heterocycles. The number of alkyl halides is 3. The molecule has 1 rings (SSSR count). The van der Waals surface area contributed by atoms with Crippen molar-refractivity contribution in [2.45, 2.75) is 25.2 Å². The SMILES string of the molecule is COc1cccc(CN(C)C(CC(=O)O)C(F)(F)F)c1. The summed E-state index contributed by atoms with van der Waals surface area (Å²) in [5.74, 6) is -0.942. The molecule has 0 spiro atoms.